The fraction of sp³-hybridized carbons (Fsp3) is 0.265. The molecule has 1 heterocycles. The first kappa shape index (κ1) is 28.7. The van der Waals surface area contributed by atoms with Gasteiger partial charge in [0, 0.05) is 25.5 Å². The Bertz CT molecular complexity index is 1570. The van der Waals surface area contributed by atoms with Crippen molar-refractivity contribution in [2.45, 2.75) is 45.1 Å². The lowest BCUT2D eigenvalue weighted by Gasteiger charge is -2.34. The van der Waals surface area contributed by atoms with Gasteiger partial charge in [-0.15, -0.1) is 0 Å². The molecule has 3 atom stereocenters. The van der Waals surface area contributed by atoms with Crippen LogP contribution in [-0.2, 0) is 30.3 Å². The Hall–Kier alpha value is -4.85. The highest BCUT2D eigenvalue weighted by atomic mass is 16.6. The first-order valence-electron chi connectivity index (χ1n) is 13.7. The maximum Gasteiger partial charge on any atom is 0.313 e. The summed E-state index contributed by atoms with van der Waals surface area (Å²) in [6.07, 6.45) is 5.98. The van der Waals surface area contributed by atoms with Crippen LogP contribution in [0.5, 0.6) is 17.2 Å². The van der Waals surface area contributed by atoms with E-state index in [1.54, 1.807) is 37.4 Å². The van der Waals surface area contributed by atoms with Crippen LogP contribution in [0.15, 0.2) is 78.6 Å². The van der Waals surface area contributed by atoms with Crippen molar-refractivity contribution in [1.82, 2.24) is 0 Å². The Labute approximate surface area is 244 Å². The molecule has 3 aromatic carbocycles. The number of hydrogen-bond donors (Lipinski definition) is 0. The van der Waals surface area contributed by atoms with E-state index in [2.05, 4.69) is 0 Å². The van der Waals surface area contributed by atoms with E-state index >= 15 is 0 Å². The number of esters is 3. The van der Waals surface area contributed by atoms with Crippen LogP contribution in [0.4, 0.5) is 0 Å². The smallest absolute Gasteiger partial charge is 0.313 e. The molecule has 1 aliphatic heterocycles. The molecule has 8 heteroatoms. The number of carbonyl (C=O) groups excluding carboxylic acids is 3. The van der Waals surface area contributed by atoms with Gasteiger partial charge in [-0.1, -0.05) is 36.4 Å². The summed E-state index contributed by atoms with van der Waals surface area (Å²) in [5, 5.41) is 0. The van der Waals surface area contributed by atoms with Gasteiger partial charge in [0.25, 0.3) is 0 Å². The van der Waals surface area contributed by atoms with Crippen LogP contribution in [0.3, 0.4) is 0 Å². The van der Waals surface area contributed by atoms with E-state index in [0.29, 0.717) is 22.8 Å². The van der Waals surface area contributed by atoms with Crippen molar-refractivity contribution in [3.8, 4) is 17.2 Å². The van der Waals surface area contributed by atoms with Crippen molar-refractivity contribution >= 4 is 24.0 Å². The normalized spacial score (nSPS) is 17.8. The van der Waals surface area contributed by atoms with Crippen molar-refractivity contribution in [2.24, 2.45) is 0 Å². The van der Waals surface area contributed by atoms with Gasteiger partial charge in [-0.25, -0.2) is 0 Å². The Kier molecular flexibility index (Phi) is 8.43. The van der Waals surface area contributed by atoms with E-state index in [9.17, 15) is 14.4 Å². The van der Waals surface area contributed by atoms with Gasteiger partial charge in [-0.3, -0.25) is 14.4 Å². The topological polar surface area (TPSA) is 97.4 Å². The highest BCUT2D eigenvalue weighted by Gasteiger charge is 2.37. The number of benzene rings is 3. The quantitative estimate of drug-likeness (QED) is 0.246. The Balaban J connectivity index is 1.43. The number of methoxy groups -OCH3 is 1. The van der Waals surface area contributed by atoms with E-state index in [4.69, 9.17) is 23.7 Å². The zero-order chi connectivity index (χ0) is 29.8. The van der Waals surface area contributed by atoms with Crippen LogP contribution >= 0.6 is 0 Å². The Morgan fingerprint density at radius 2 is 1.60 bits per heavy atom. The second-order valence-corrected chi connectivity index (χ2v) is 10.3. The van der Waals surface area contributed by atoms with Gasteiger partial charge in [-0.2, -0.15) is 0 Å². The van der Waals surface area contributed by atoms with Crippen LogP contribution < -0.4 is 14.2 Å². The number of carbonyl (C=O) groups is 3. The second kappa shape index (κ2) is 12.3. The van der Waals surface area contributed by atoms with Gasteiger partial charge in [0.05, 0.1) is 25.6 Å². The third-order valence-corrected chi connectivity index (χ3v) is 7.36. The van der Waals surface area contributed by atoms with Crippen molar-refractivity contribution in [1.29, 1.82) is 0 Å². The fourth-order valence-corrected chi connectivity index (χ4v) is 5.14. The summed E-state index contributed by atoms with van der Waals surface area (Å²) in [5.74, 6) is -0.0930. The Morgan fingerprint density at radius 1 is 0.881 bits per heavy atom. The molecule has 0 spiro atoms. The summed E-state index contributed by atoms with van der Waals surface area (Å²) < 4.78 is 28.1. The summed E-state index contributed by atoms with van der Waals surface area (Å²) in [6.45, 7) is 4.71. The lowest BCUT2D eigenvalue weighted by molar-refractivity contribution is -0.153. The van der Waals surface area contributed by atoms with Crippen LogP contribution in [-0.4, -0.2) is 31.6 Å². The molecule has 42 heavy (non-hydrogen) atoms. The minimum Gasteiger partial charge on any atom is -0.497 e. The second-order valence-electron chi connectivity index (χ2n) is 10.3. The molecule has 3 aromatic rings. The minimum absolute atomic E-state index is 0.217. The van der Waals surface area contributed by atoms with Crippen molar-refractivity contribution < 1.29 is 38.1 Å². The standard InChI is InChI=1S/C34H32O8/c1-20(25-6-5-23-7-11-27(38-4)12-10-26(23)17-25)34(37)42-33-30-16-15-29(41-22(3)36)18-32(30)39-19-31(33)24-8-13-28(14-9-24)40-21(2)35/h5-6,8-18,20,31,33H,7,19H2,1-4H3/t20?,31-,33-/m0/s1. The van der Waals surface area contributed by atoms with Crippen molar-refractivity contribution in [2.75, 3.05) is 13.7 Å². The van der Waals surface area contributed by atoms with Crippen LogP contribution in [0, 0.1) is 0 Å². The molecular formula is C34H32O8. The van der Waals surface area contributed by atoms with E-state index < -0.39 is 24.0 Å². The van der Waals surface area contributed by atoms with E-state index in [0.717, 1.165) is 34.4 Å². The molecule has 8 nitrogen and oxygen atoms in total. The van der Waals surface area contributed by atoms with Crippen LogP contribution in [0.1, 0.15) is 66.5 Å². The lowest BCUT2D eigenvalue weighted by Crippen LogP contribution is -2.29. The number of rotatable bonds is 7. The number of allylic oxidation sites excluding steroid dienone is 2. The third kappa shape index (κ3) is 6.38. The van der Waals surface area contributed by atoms with Crippen molar-refractivity contribution in [3.63, 3.8) is 0 Å². The number of hydrogen-bond acceptors (Lipinski definition) is 8. The molecule has 0 radical (unpaired) electrons. The third-order valence-electron chi connectivity index (χ3n) is 7.36. The molecule has 1 aliphatic carbocycles. The summed E-state index contributed by atoms with van der Waals surface area (Å²) >= 11 is 0. The fourth-order valence-electron chi connectivity index (χ4n) is 5.14. The highest BCUT2D eigenvalue weighted by Crippen LogP contribution is 2.45. The van der Waals surface area contributed by atoms with Crippen LogP contribution in [0.25, 0.3) is 6.08 Å². The molecule has 2 aliphatic rings. The zero-order valence-electron chi connectivity index (χ0n) is 23.9. The van der Waals surface area contributed by atoms with Gasteiger partial charge in [0.15, 0.2) is 0 Å². The molecule has 0 amide bonds. The summed E-state index contributed by atoms with van der Waals surface area (Å²) in [6, 6.07) is 18.1. The molecule has 0 aromatic heterocycles. The van der Waals surface area contributed by atoms with Gasteiger partial charge in [-0.05, 0) is 72.0 Å². The first-order valence-corrected chi connectivity index (χ1v) is 13.7. The lowest BCUT2D eigenvalue weighted by atomic mass is 9.87. The summed E-state index contributed by atoms with van der Waals surface area (Å²) in [4.78, 5) is 36.5. The zero-order valence-corrected chi connectivity index (χ0v) is 23.9. The predicted octanol–water partition coefficient (Wildman–Crippen LogP) is 6.20. The van der Waals surface area contributed by atoms with Crippen molar-refractivity contribution in [3.05, 3.63) is 106 Å². The van der Waals surface area contributed by atoms with Crippen LogP contribution in [0.2, 0.25) is 0 Å². The predicted molar refractivity (Wildman–Crippen MR) is 155 cm³/mol. The van der Waals surface area contributed by atoms with Gasteiger partial charge >= 0.3 is 17.9 Å². The van der Waals surface area contributed by atoms with E-state index in [-0.39, 0.29) is 18.5 Å². The van der Waals surface area contributed by atoms with Gasteiger partial charge in [0.2, 0.25) is 0 Å². The molecule has 0 N–H and O–H groups in total. The monoisotopic (exact) mass is 568 g/mol. The number of ether oxygens (including phenoxy) is 5. The molecule has 1 unspecified atom stereocenters. The average molecular weight is 569 g/mol. The first-order chi connectivity index (χ1) is 20.2. The average Bonchev–Trinajstić information content (AvgIpc) is 3.18. The van der Waals surface area contributed by atoms with E-state index in [1.165, 1.54) is 13.8 Å². The number of fused-ring (bicyclic) bond motifs is 2. The summed E-state index contributed by atoms with van der Waals surface area (Å²) in [7, 11) is 1.64. The highest BCUT2D eigenvalue weighted by molar-refractivity contribution is 5.79. The summed E-state index contributed by atoms with van der Waals surface area (Å²) in [5.41, 5.74) is 4.51. The SMILES string of the molecule is COC1=CCc2ccc(C(C)C(=O)O[C@H]3c4ccc(OC(C)=O)cc4OC[C@H]3c3ccc(OC(C)=O)cc3)cc2C=C1. The van der Waals surface area contributed by atoms with Gasteiger partial charge in [0.1, 0.15) is 29.1 Å². The molecule has 0 bridgehead atoms. The molecule has 216 valence electrons. The molecule has 0 fully saturated rings. The Morgan fingerprint density at radius 3 is 2.31 bits per heavy atom. The largest absolute Gasteiger partial charge is 0.497 e. The maximum atomic E-state index is 13.7. The maximum absolute atomic E-state index is 13.7. The van der Waals surface area contributed by atoms with Gasteiger partial charge < -0.3 is 23.7 Å². The minimum atomic E-state index is -0.677. The van der Waals surface area contributed by atoms with E-state index in [1.807, 2.05) is 55.5 Å². The molecule has 0 saturated carbocycles. The molecule has 5 rings (SSSR count). The molecular weight excluding hydrogens is 536 g/mol. The molecule has 0 saturated heterocycles.